The van der Waals surface area contributed by atoms with E-state index in [0.29, 0.717) is 23.9 Å². The van der Waals surface area contributed by atoms with Crippen LogP contribution in [-0.2, 0) is 17.5 Å². The molecule has 1 aromatic heterocycles. The summed E-state index contributed by atoms with van der Waals surface area (Å²) in [5, 5.41) is 10.2. The van der Waals surface area contributed by atoms with E-state index in [0.717, 1.165) is 42.4 Å². The third kappa shape index (κ3) is 6.81. The van der Waals surface area contributed by atoms with Crippen LogP contribution in [-0.4, -0.2) is 36.5 Å². The third-order valence-corrected chi connectivity index (χ3v) is 4.94. The van der Waals surface area contributed by atoms with E-state index in [1.165, 1.54) is 6.42 Å². The molecule has 0 radical (unpaired) electrons. The molecule has 0 aromatic carbocycles. The van der Waals surface area contributed by atoms with Gasteiger partial charge in [0.1, 0.15) is 5.01 Å². The molecule has 1 aliphatic rings. The summed E-state index contributed by atoms with van der Waals surface area (Å²) in [4.78, 5) is 19.5. The molecule has 1 heterocycles. The summed E-state index contributed by atoms with van der Waals surface area (Å²) < 4.78 is 37.6. The topological polar surface area (TPSA) is 78.4 Å². The van der Waals surface area contributed by atoms with Gasteiger partial charge in [-0.1, -0.05) is 19.3 Å². The molecular weight excluding hydrogens is 367 g/mol. The van der Waals surface area contributed by atoms with Gasteiger partial charge in [-0.15, -0.1) is 11.3 Å². The van der Waals surface area contributed by atoms with Gasteiger partial charge in [0.25, 0.3) is 0 Å². The van der Waals surface area contributed by atoms with Crippen molar-refractivity contribution in [3.63, 3.8) is 0 Å². The highest BCUT2D eigenvalue weighted by Crippen LogP contribution is 2.29. The summed E-state index contributed by atoms with van der Waals surface area (Å²) in [6.07, 6.45) is 1.51. The van der Waals surface area contributed by atoms with E-state index >= 15 is 0 Å². The number of amides is 1. The fourth-order valence-electron chi connectivity index (χ4n) is 2.74. The molecule has 10 heteroatoms. The minimum atomic E-state index is -4.43. The number of carbonyl (C=O) groups excluding carboxylic acids is 1. The summed E-state index contributed by atoms with van der Waals surface area (Å²) in [7, 11) is 1.56. The van der Waals surface area contributed by atoms with E-state index in [4.69, 9.17) is 0 Å². The van der Waals surface area contributed by atoms with Crippen molar-refractivity contribution in [1.82, 2.24) is 20.9 Å². The number of halogens is 3. The number of hydrogen-bond donors (Lipinski definition) is 3. The second kappa shape index (κ2) is 9.75. The molecule has 1 fully saturated rings. The van der Waals surface area contributed by atoms with Crippen molar-refractivity contribution >= 4 is 23.2 Å². The molecule has 0 atom stereocenters. The first-order valence-electron chi connectivity index (χ1n) is 8.64. The van der Waals surface area contributed by atoms with E-state index < -0.39 is 11.9 Å². The second-order valence-electron chi connectivity index (χ2n) is 6.13. The Morgan fingerprint density at radius 2 is 2.04 bits per heavy atom. The maximum atomic E-state index is 12.5. The first-order valence-corrected chi connectivity index (χ1v) is 9.52. The Morgan fingerprint density at radius 3 is 2.65 bits per heavy atom. The first-order chi connectivity index (χ1) is 12.4. The summed E-state index contributed by atoms with van der Waals surface area (Å²) in [5.74, 6) is 0.411. The monoisotopic (exact) mass is 391 g/mol. The van der Waals surface area contributed by atoms with Gasteiger partial charge in [0.15, 0.2) is 11.7 Å². The minimum absolute atomic E-state index is 0.00500. The van der Waals surface area contributed by atoms with Gasteiger partial charge in [-0.2, -0.15) is 13.2 Å². The quantitative estimate of drug-likeness (QED) is 0.515. The Balaban J connectivity index is 1.67. The van der Waals surface area contributed by atoms with Crippen molar-refractivity contribution in [2.24, 2.45) is 4.99 Å². The van der Waals surface area contributed by atoms with Crippen molar-refractivity contribution in [3.05, 3.63) is 16.1 Å². The van der Waals surface area contributed by atoms with Crippen LogP contribution in [0.4, 0.5) is 13.2 Å². The standard InChI is InChI=1S/C16H24F3N5OS/c1-20-15(22-9-14-24-12(10-26-14)16(17,18)19)21-8-7-13(25)23-11-5-3-2-4-6-11/h10-11H,2-9H2,1H3,(H,23,25)(H2,20,21,22). The predicted octanol–water partition coefficient (Wildman–Crippen LogP) is 2.67. The second-order valence-corrected chi connectivity index (χ2v) is 7.07. The highest BCUT2D eigenvalue weighted by Gasteiger charge is 2.33. The maximum Gasteiger partial charge on any atom is 0.434 e. The molecule has 6 nitrogen and oxygen atoms in total. The molecule has 3 N–H and O–H groups in total. The van der Waals surface area contributed by atoms with Crippen LogP contribution in [0.2, 0.25) is 0 Å². The van der Waals surface area contributed by atoms with E-state index in [1.807, 2.05) is 0 Å². The molecule has 1 saturated carbocycles. The molecular formula is C16H24F3N5OS. The van der Waals surface area contributed by atoms with E-state index in [1.54, 1.807) is 7.05 Å². The van der Waals surface area contributed by atoms with Crippen LogP contribution in [0.15, 0.2) is 10.4 Å². The highest BCUT2D eigenvalue weighted by molar-refractivity contribution is 7.09. The van der Waals surface area contributed by atoms with Gasteiger partial charge in [0.05, 0.1) is 6.54 Å². The lowest BCUT2D eigenvalue weighted by molar-refractivity contribution is -0.140. The van der Waals surface area contributed by atoms with Gasteiger partial charge in [-0.25, -0.2) is 4.98 Å². The normalized spacial score (nSPS) is 16.4. The molecule has 0 aliphatic heterocycles. The predicted molar refractivity (Wildman–Crippen MR) is 95.0 cm³/mol. The summed E-state index contributed by atoms with van der Waals surface area (Å²) in [5.41, 5.74) is -0.887. The zero-order valence-electron chi connectivity index (χ0n) is 14.7. The Morgan fingerprint density at radius 1 is 1.31 bits per heavy atom. The number of aliphatic imine (C=N–C) groups is 1. The van der Waals surface area contributed by atoms with Gasteiger partial charge in [0, 0.05) is 31.4 Å². The van der Waals surface area contributed by atoms with Crippen molar-refractivity contribution in [1.29, 1.82) is 0 Å². The summed E-state index contributed by atoms with van der Waals surface area (Å²) in [6.45, 7) is 0.526. The molecule has 1 amide bonds. The number of alkyl halides is 3. The van der Waals surface area contributed by atoms with Crippen molar-refractivity contribution in [3.8, 4) is 0 Å². The number of guanidine groups is 1. The molecule has 0 bridgehead atoms. The van der Waals surface area contributed by atoms with Crippen LogP contribution in [0.5, 0.6) is 0 Å². The van der Waals surface area contributed by atoms with Gasteiger partial charge >= 0.3 is 6.18 Å². The SMILES string of the molecule is CN=C(NCCC(=O)NC1CCCCC1)NCc1nc(C(F)(F)F)cs1. The number of nitrogens with one attached hydrogen (secondary N) is 3. The maximum absolute atomic E-state index is 12.5. The number of thiazole rings is 1. The number of nitrogens with zero attached hydrogens (tertiary/aromatic N) is 2. The molecule has 1 aromatic rings. The Bertz CT molecular complexity index is 611. The highest BCUT2D eigenvalue weighted by atomic mass is 32.1. The zero-order chi connectivity index (χ0) is 19.0. The van der Waals surface area contributed by atoms with Gasteiger partial charge < -0.3 is 16.0 Å². The summed E-state index contributed by atoms with van der Waals surface area (Å²) in [6, 6.07) is 0.279. The Kier molecular flexibility index (Phi) is 7.67. The summed E-state index contributed by atoms with van der Waals surface area (Å²) >= 11 is 0.937. The number of hydrogen-bond acceptors (Lipinski definition) is 4. The molecule has 0 saturated heterocycles. The Hall–Kier alpha value is -1.84. The molecule has 0 spiro atoms. The van der Waals surface area contributed by atoms with Gasteiger partial charge in [-0.05, 0) is 12.8 Å². The third-order valence-electron chi connectivity index (χ3n) is 4.09. The lowest BCUT2D eigenvalue weighted by atomic mass is 9.95. The van der Waals surface area contributed by atoms with Crippen molar-refractivity contribution < 1.29 is 18.0 Å². The van der Waals surface area contributed by atoms with Crippen molar-refractivity contribution in [2.45, 2.75) is 57.3 Å². The van der Waals surface area contributed by atoms with Crippen LogP contribution < -0.4 is 16.0 Å². The number of aromatic nitrogens is 1. The number of rotatable bonds is 6. The van der Waals surface area contributed by atoms with Gasteiger partial charge in [-0.3, -0.25) is 9.79 Å². The first kappa shape index (κ1) is 20.5. The largest absolute Gasteiger partial charge is 0.434 e. The van der Waals surface area contributed by atoms with E-state index in [-0.39, 0.29) is 18.5 Å². The fraction of sp³-hybridized carbons (Fsp3) is 0.688. The van der Waals surface area contributed by atoms with Gasteiger partial charge in [0.2, 0.25) is 5.91 Å². The smallest absolute Gasteiger partial charge is 0.356 e. The zero-order valence-corrected chi connectivity index (χ0v) is 15.5. The molecule has 146 valence electrons. The molecule has 1 aliphatic carbocycles. The number of carbonyl (C=O) groups is 1. The van der Waals surface area contributed by atoms with E-state index in [9.17, 15) is 18.0 Å². The minimum Gasteiger partial charge on any atom is -0.356 e. The molecule has 0 unspecified atom stereocenters. The Labute approximate surface area is 154 Å². The van der Waals surface area contributed by atoms with Crippen LogP contribution in [0.1, 0.15) is 49.2 Å². The average molecular weight is 391 g/mol. The van der Waals surface area contributed by atoms with Crippen molar-refractivity contribution in [2.75, 3.05) is 13.6 Å². The molecule has 26 heavy (non-hydrogen) atoms. The lowest BCUT2D eigenvalue weighted by Gasteiger charge is -2.22. The van der Waals surface area contributed by atoms with Crippen LogP contribution in [0, 0.1) is 0 Å². The lowest BCUT2D eigenvalue weighted by Crippen LogP contribution is -2.41. The van der Waals surface area contributed by atoms with Crippen LogP contribution in [0.25, 0.3) is 0 Å². The fourth-order valence-corrected chi connectivity index (χ4v) is 3.48. The van der Waals surface area contributed by atoms with Crippen LogP contribution >= 0.6 is 11.3 Å². The average Bonchev–Trinajstić information content (AvgIpc) is 3.08. The molecule has 2 rings (SSSR count). The van der Waals surface area contributed by atoms with E-state index in [2.05, 4.69) is 25.9 Å². The van der Waals surface area contributed by atoms with Crippen LogP contribution in [0.3, 0.4) is 0 Å².